The molecule has 0 saturated carbocycles. The van der Waals surface area contributed by atoms with Gasteiger partial charge in [0.1, 0.15) is 5.75 Å². The van der Waals surface area contributed by atoms with Crippen LogP contribution in [0.4, 0.5) is 0 Å². The number of nitrogens with zero attached hydrogens (tertiary/aromatic N) is 1. The molecule has 0 radical (unpaired) electrons. The molecule has 21 heavy (non-hydrogen) atoms. The molecular formula is C12H17NO6S2. The van der Waals surface area contributed by atoms with Crippen molar-refractivity contribution in [2.24, 2.45) is 5.16 Å². The number of oxime groups is 1. The highest BCUT2D eigenvalue weighted by molar-refractivity contribution is 7.86. The molecule has 0 N–H and O–H groups in total. The molecule has 0 atom stereocenters. The fraction of sp³-hybridized carbons (Fsp3) is 0.417. The van der Waals surface area contributed by atoms with Crippen LogP contribution < -0.4 is 4.18 Å². The van der Waals surface area contributed by atoms with E-state index in [1.54, 1.807) is 26.0 Å². The summed E-state index contributed by atoms with van der Waals surface area (Å²) in [6, 6.07) is 5.98. The summed E-state index contributed by atoms with van der Waals surface area (Å²) in [6.07, 6.45) is 1.38. The third kappa shape index (κ3) is 6.58. The highest BCUT2D eigenvalue weighted by Crippen LogP contribution is 2.15. The quantitative estimate of drug-likeness (QED) is 0.425. The largest absolute Gasteiger partial charge is 0.383 e. The number of benzene rings is 1. The van der Waals surface area contributed by atoms with Gasteiger partial charge in [-0.05, 0) is 43.2 Å². The van der Waals surface area contributed by atoms with Crippen LogP contribution in [0.25, 0.3) is 0 Å². The van der Waals surface area contributed by atoms with Crippen molar-refractivity contribution in [3.05, 3.63) is 29.8 Å². The second-order valence-electron chi connectivity index (χ2n) is 4.32. The van der Waals surface area contributed by atoms with Gasteiger partial charge in [-0.15, -0.1) is 0 Å². The average molecular weight is 335 g/mol. The van der Waals surface area contributed by atoms with Gasteiger partial charge in [0.2, 0.25) is 0 Å². The molecule has 0 bridgehead atoms. The minimum absolute atomic E-state index is 0.106. The predicted molar refractivity (Wildman–Crippen MR) is 79.3 cm³/mol. The number of rotatable bonds is 7. The summed E-state index contributed by atoms with van der Waals surface area (Å²) >= 11 is 0. The molecule has 0 spiro atoms. The lowest BCUT2D eigenvalue weighted by Gasteiger charge is -2.05. The second-order valence-corrected chi connectivity index (χ2v) is 7.57. The molecule has 1 aromatic carbocycles. The second kappa shape index (κ2) is 6.90. The summed E-state index contributed by atoms with van der Waals surface area (Å²) in [4.78, 5) is 0. The van der Waals surface area contributed by atoms with Crippen LogP contribution >= 0.6 is 0 Å². The van der Waals surface area contributed by atoms with Gasteiger partial charge in [0.05, 0.1) is 17.7 Å². The van der Waals surface area contributed by atoms with Gasteiger partial charge >= 0.3 is 20.2 Å². The van der Waals surface area contributed by atoms with Crippen LogP contribution in [0.2, 0.25) is 0 Å². The maximum atomic E-state index is 11.4. The highest BCUT2D eigenvalue weighted by atomic mass is 32.2. The molecule has 1 rings (SSSR count). The van der Waals surface area contributed by atoms with Gasteiger partial charge < -0.3 is 4.18 Å². The lowest BCUT2D eigenvalue weighted by Crippen LogP contribution is -2.08. The van der Waals surface area contributed by atoms with E-state index in [1.165, 1.54) is 12.1 Å². The van der Waals surface area contributed by atoms with Crippen molar-refractivity contribution in [3.63, 3.8) is 0 Å². The van der Waals surface area contributed by atoms with E-state index in [-0.39, 0.29) is 11.5 Å². The Balaban J connectivity index is 2.82. The third-order valence-corrected chi connectivity index (χ3v) is 3.97. The van der Waals surface area contributed by atoms with E-state index in [2.05, 4.69) is 13.6 Å². The number of hydrogen-bond acceptors (Lipinski definition) is 7. The molecular weight excluding hydrogens is 318 g/mol. The van der Waals surface area contributed by atoms with Gasteiger partial charge in [-0.25, -0.2) is 0 Å². The van der Waals surface area contributed by atoms with Crippen LogP contribution in [0.5, 0.6) is 5.75 Å². The number of hydrogen-bond donors (Lipinski definition) is 0. The van der Waals surface area contributed by atoms with E-state index in [0.717, 1.165) is 6.26 Å². The molecule has 0 heterocycles. The van der Waals surface area contributed by atoms with Gasteiger partial charge in [-0.1, -0.05) is 12.1 Å². The molecule has 0 aliphatic carbocycles. The first-order valence-corrected chi connectivity index (χ1v) is 9.48. The van der Waals surface area contributed by atoms with E-state index in [1.807, 2.05) is 0 Å². The first kappa shape index (κ1) is 17.4. The standard InChI is InChI=1S/C12H17NO6S2/c1-4-9-21(16,17)19-13-10(2)11-5-7-12(8-6-11)18-20(3,14)15/h5-8H,4,9H2,1-3H3. The van der Waals surface area contributed by atoms with E-state index in [9.17, 15) is 16.8 Å². The molecule has 1 aromatic rings. The van der Waals surface area contributed by atoms with Crippen LogP contribution in [0.15, 0.2) is 29.4 Å². The molecule has 0 aromatic heterocycles. The Labute approximate surface area is 124 Å². The normalized spacial score (nSPS) is 13.0. The van der Waals surface area contributed by atoms with Gasteiger partial charge in [0, 0.05) is 0 Å². The summed E-state index contributed by atoms with van der Waals surface area (Å²) in [5.74, 6) is 0.0545. The SMILES string of the molecule is CCCS(=O)(=O)ON=C(C)c1ccc(OS(C)(=O)=O)cc1. The zero-order valence-corrected chi connectivity index (χ0v) is 13.6. The Morgan fingerprint density at radius 2 is 1.71 bits per heavy atom. The van der Waals surface area contributed by atoms with E-state index < -0.39 is 20.2 Å². The fourth-order valence-electron chi connectivity index (χ4n) is 1.38. The zero-order chi connectivity index (χ0) is 16.1. The Morgan fingerprint density at radius 3 is 2.19 bits per heavy atom. The maximum absolute atomic E-state index is 11.4. The average Bonchev–Trinajstić information content (AvgIpc) is 2.35. The Bertz CT molecular complexity index is 705. The van der Waals surface area contributed by atoms with Crippen LogP contribution in [-0.4, -0.2) is 34.6 Å². The highest BCUT2D eigenvalue weighted by Gasteiger charge is 2.10. The molecule has 0 fully saturated rings. The lowest BCUT2D eigenvalue weighted by atomic mass is 10.1. The summed E-state index contributed by atoms with van der Waals surface area (Å²) in [5.41, 5.74) is 0.933. The Hall–Kier alpha value is -1.61. The molecule has 0 unspecified atom stereocenters. The summed E-state index contributed by atoms with van der Waals surface area (Å²) in [5, 5.41) is 3.56. The molecule has 0 aliphatic rings. The zero-order valence-electron chi connectivity index (χ0n) is 11.9. The van der Waals surface area contributed by atoms with Crippen molar-refractivity contribution < 1.29 is 25.3 Å². The van der Waals surface area contributed by atoms with Gasteiger partial charge in [-0.3, -0.25) is 4.28 Å². The van der Waals surface area contributed by atoms with Crippen LogP contribution in [0.1, 0.15) is 25.8 Å². The fourth-order valence-corrected chi connectivity index (χ4v) is 2.64. The molecule has 9 heteroatoms. The Kier molecular flexibility index (Phi) is 5.73. The molecule has 7 nitrogen and oxygen atoms in total. The topological polar surface area (TPSA) is 99.1 Å². The minimum atomic E-state index is -3.66. The van der Waals surface area contributed by atoms with Crippen molar-refractivity contribution in [2.75, 3.05) is 12.0 Å². The van der Waals surface area contributed by atoms with Crippen molar-refractivity contribution in [1.29, 1.82) is 0 Å². The van der Waals surface area contributed by atoms with E-state index >= 15 is 0 Å². The summed E-state index contributed by atoms with van der Waals surface area (Å²) < 4.78 is 53.9. The van der Waals surface area contributed by atoms with Gasteiger partial charge in [0.15, 0.2) is 0 Å². The first-order chi connectivity index (χ1) is 9.63. The van der Waals surface area contributed by atoms with Crippen molar-refractivity contribution in [3.8, 4) is 5.75 Å². The van der Waals surface area contributed by atoms with Crippen LogP contribution in [0, 0.1) is 0 Å². The Morgan fingerprint density at radius 1 is 1.14 bits per heavy atom. The summed E-state index contributed by atoms with van der Waals surface area (Å²) in [7, 11) is -7.24. The molecule has 0 saturated heterocycles. The van der Waals surface area contributed by atoms with Crippen LogP contribution in [0.3, 0.4) is 0 Å². The van der Waals surface area contributed by atoms with E-state index in [0.29, 0.717) is 17.7 Å². The van der Waals surface area contributed by atoms with Crippen molar-refractivity contribution >= 4 is 25.9 Å². The van der Waals surface area contributed by atoms with E-state index in [4.69, 9.17) is 0 Å². The smallest absolute Gasteiger partial charge is 0.328 e. The van der Waals surface area contributed by atoms with Gasteiger partial charge in [-0.2, -0.15) is 16.8 Å². The lowest BCUT2D eigenvalue weighted by molar-refractivity contribution is 0.338. The molecule has 0 aliphatic heterocycles. The predicted octanol–water partition coefficient (Wildman–Crippen LogP) is 1.51. The van der Waals surface area contributed by atoms with Gasteiger partial charge in [0.25, 0.3) is 0 Å². The van der Waals surface area contributed by atoms with Crippen molar-refractivity contribution in [1.82, 2.24) is 0 Å². The van der Waals surface area contributed by atoms with Crippen LogP contribution in [-0.2, 0) is 24.5 Å². The third-order valence-electron chi connectivity index (χ3n) is 2.26. The van der Waals surface area contributed by atoms with Crippen molar-refractivity contribution in [2.45, 2.75) is 20.3 Å². The molecule has 118 valence electrons. The summed E-state index contributed by atoms with van der Waals surface area (Å²) in [6.45, 7) is 3.30. The molecule has 0 amide bonds. The monoisotopic (exact) mass is 335 g/mol. The maximum Gasteiger partial charge on any atom is 0.328 e. The minimum Gasteiger partial charge on any atom is -0.383 e. The first-order valence-electron chi connectivity index (χ1n) is 6.09.